The third kappa shape index (κ3) is 4.30. The van der Waals surface area contributed by atoms with Crippen molar-refractivity contribution in [1.29, 1.82) is 0 Å². The summed E-state index contributed by atoms with van der Waals surface area (Å²) in [5.41, 5.74) is 3.68. The van der Waals surface area contributed by atoms with Crippen molar-refractivity contribution in [3.8, 4) is 0 Å². The Morgan fingerprint density at radius 1 is 0.853 bits per heavy atom. The van der Waals surface area contributed by atoms with Gasteiger partial charge in [0.25, 0.3) is 0 Å². The molecule has 5 aliphatic rings. The highest BCUT2D eigenvalue weighted by Crippen LogP contribution is 2.60. The predicted octanol–water partition coefficient (Wildman–Crippen LogP) is 5.44. The summed E-state index contributed by atoms with van der Waals surface area (Å²) in [7, 11) is -3.39. The SMILES string of the molecule is O=C1CCc2cc(CS(=O)(=O)Cc3ccc(F)cc3)ccc2N1CC12CC3CC(CC(C3)C1)C2. The van der Waals surface area contributed by atoms with Gasteiger partial charge in [-0.2, -0.15) is 0 Å². The van der Waals surface area contributed by atoms with E-state index in [4.69, 9.17) is 0 Å². The fraction of sp³-hybridized carbons (Fsp3) is 0.536. The molecule has 2 aromatic carbocycles. The Morgan fingerprint density at radius 2 is 1.44 bits per heavy atom. The second-order valence-electron chi connectivity index (χ2n) is 11.5. The van der Waals surface area contributed by atoms with E-state index in [-0.39, 0.29) is 28.6 Å². The summed E-state index contributed by atoms with van der Waals surface area (Å²) in [5.74, 6) is 2.21. The minimum atomic E-state index is -3.39. The van der Waals surface area contributed by atoms with Gasteiger partial charge in [0.1, 0.15) is 5.82 Å². The first-order valence-corrected chi connectivity index (χ1v) is 14.5. The first kappa shape index (κ1) is 22.3. The van der Waals surface area contributed by atoms with E-state index in [1.807, 2.05) is 23.1 Å². The van der Waals surface area contributed by atoms with Crippen LogP contribution in [0.1, 0.15) is 61.6 Å². The van der Waals surface area contributed by atoms with Gasteiger partial charge in [-0.25, -0.2) is 12.8 Å². The second kappa shape index (κ2) is 8.18. The molecule has 6 heteroatoms. The molecule has 0 N–H and O–H groups in total. The van der Waals surface area contributed by atoms with Crippen molar-refractivity contribution >= 4 is 21.4 Å². The predicted molar refractivity (Wildman–Crippen MR) is 130 cm³/mol. The lowest BCUT2D eigenvalue weighted by Gasteiger charge is -2.58. The van der Waals surface area contributed by atoms with E-state index in [1.54, 1.807) is 0 Å². The van der Waals surface area contributed by atoms with Gasteiger partial charge in [0.2, 0.25) is 5.91 Å². The quantitative estimate of drug-likeness (QED) is 0.552. The molecule has 2 aromatic rings. The monoisotopic (exact) mass is 481 g/mol. The van der Waals surface area contributed by atoms with Crippen molar-refractivity contribution in [3.63, 3.8) is 0 Å². The van der Waals surface area contributed by atoms with Crippen LogP contribution in [0.15, 0.2) is 42.5 Å². The molecule has 180 valence electrons. The van der Waals surface area contributed by atoms with Crippen LogP contribution in [0.4, 0.5) is 10.1 Å². The average Bonchev–Trinajstić information content (AvgIpc) is 2.76. The minimum absolute atomic E-state index is 0.0550. The van der Waals surface area contributed by atoms with Crippen LogP contribution in [0, 0.1) is 29.0 Å². The number of benzene rings is 2. The van der Waals surface area contributed by atoms with E-state index in [2.05, 4.69) is 0 Å². The van der Waals surface area contributed by atoms with E-state index in [0.29, 0.717) is 18.4 Å². The summed E-state index contributed by atoms with van der Waals surface area (Å²) in [6.07, 6.45) is 9.11. The van der Waals surface area contributed by atoms with Gasteiger partial charge in [0.15, 0.2) is 9.84 Å². The van der Waals surface area contributed by atoms with E-state index in [0.717, 1.165) is 41.1 Å². The number of nitrogens with zero attached hydrogens (tertiary/aromatic N) is 1. The summed E-state index contributed by atoms with van der Waals surface area (Å²) < 4.78 is 38.7. The standard InChI is InChI=1S/C28H32FNO3S/c29-25-5-1-19(2-6-25)16-34(32,33)17-20-3-7-26-24(12-20)4-8-27(31)30(26)18-28-13-21-9-22(14-28)11-23(10-21)15-28/h1-3,5-7,12,21-23H,4,8-11,13-18H2. The van der Waals surface area contributed by atoms with Crippen LogP contribution < -0.4 is 4.90 Å². The number of sulfone groups is 1. The van der Waals surface area contributed by atoms with Crippen LogP contribution in [-0.4, -0.2) is 20.9 Å². The molecule has 7 rings (SSSR count). The third-order valence-electron chi connectivity index (χ3n) is 8.69. The number of halogens is 1. The molecule has 0 radical (unpaired) electrons. The second-order valence-corrected chi connectivity index (χ2v) is 13.6. The normalized spacial score (nSPS) is 30.0. The Labute approximate surface area is 201 Å². The molecule has 1 heterocycles. The molecule has 1 amide bonds. The average molecular weight is 482 g/mol. The maximum atomic E-state index is 13.1. The van der Waals surface area contributed by atoms with E-state index in [1.165, 1.54) is 62.8 Å². The molecule has 0 aromatic heterocycles. The Kier molecular flexibility index (Phi) is 5.36. The van der Waals surface area contributed by atoms with Gasteiger partial charge in [0.05, 0.1) is 11.5 Å². The van der Waals surface area contributed by atoms with Crippen molar-refractivity contribution in [2.75, 3.05) is 11.4 Å². The van der Waals surface area contributed by atoms with Gasteiger partial charge in [-0.05, 0) is 103 Å². The number of fused-ring (bicyclic) bond motifs is 1. The molecule has 4 aliphatic carbocycles. The van der Waals surface area contributed by atoms with Crippen molar-refractivity contribution in [2.24, 2.45) is 23.2 Å². The van der Waals surface area contributed by atoms with Crippen LogP contribution in [0.25, 0.3) is 0 Å². The van der Waals surface area contributed by atoms with Crippen LogP contribution >= 0.6 is 0 Å². The molecule has 4 saturated carbocycles. The van der Waals surface area contributed by atoms with Gasteiger partial charge in [-0.15, -0.1) is 0 Å². The molecular formula is C28H32FNO3S. The number of aryl methyl sites for hydroxylation is 1. The van der Waals surface area contributed by atoms with Crippen LogP contribution in [-0.2, 0) is 32.6 Å². The highest BCUT2D eigenvalue weighted by atomic mass is 32.2. The molecule has 0 atom stereocenters. The van der Waals surface area contributed by atoms with Gasteiger partial charge >= 0.3 is 0 Å². The molecule has 4 nitrogen and oxygen atoms in total. The van der Waals surface area contributed by atoms with E-state index < -0.39 is 9.84 Å². The Bertz CT molecular complexity index is 1190. The molecule has 0 unspecified atom stereocenters. The fourth-order valence-corrected chi connectivity index (χ4v) is 9.32. The Hall–Kier alpha value is -2.21. The third-order valence-corrected chi connectivity index (χ3v) is 10.2. The van der Waals surface area contributed by atoms with E-state index >= 15 is 0 Å². The number of rotatable bonds is 6. The Morgan fingerprint density at radius 3 is 2.09 bits per heavy atom. The smallest absolute Gasteiger partial charge is 0.227 e. The highest BCUT2D eigenvalue weighted by molar-refractivity contribution is 7.89. The zero-order chi connectivity index (χ0) is 23.5. The maximum absolute atomic E-state index is 13.1. The lowest BCUT2D eigenvalue weighted by Crippen LogP contribution is -2.53. The van der Waals surface area contributed by atoms with Crippen molar-refractivity contribution in [3.05, 3.63) is 65.0 Å². The van der Waals surface area contributed by atoms with Gasteiger partial charge in [-0.3, -0.25) is 4.79 Å². The zero-order valence-corrected chi connectivity index (χ0v) is 20.3. The first-order chi connectivity index (χ1) is 16.3. The fourth-order valence-electron chi connectivity index (χ4n) is 7.84. The maximum Gasteiger partial charge on any atom is 0.227 e. The largest absolute Gasteiger partial charge is 0.312 e. The molecule has 1 aliphatic heterocycles. The van der Waals surface area contributed by atoms with Crippen molar-refractivity contribution in [2.45, 2.75) is 62.9 Å². The number of carbonyl (C=O) groups excluding carboxylic acids is 1. The van der Waals surface area contributed by atoms with Gasteiger partial charge in [0, 0.05) is 18.7 Å². The van der Waals surface area contributed by atoms with Crippen LogP contribution in [0.2, 0.25) is 0 Å². The summed E-state index contributed by atoms with van der Waals surface area (Å²) in [6.45, 7) is 0.824. The minimum Gasteiger partial charge on any atom is -0.312 e. The molecular weight excluding hydrogens is 449 g/mol. The number of hydrogen-bond donors (Lipinski definition) is 0. The number of carbonyl (C=O) groups is 1. The molecule has 0 saturated heterocycles. The topological polar surface area (TPSA) is 54.5 Å². The summed E-state index contributed by atoms with van der Waals surface area (Å²) in [4.78, 5) is 15.1. The summed E-state index contributed by atoms with van der Waals surface area (Å²) in [5, 5.41) is 0. The van der Waals surface area contributed by atoms with Crippen LogP contribution in [0.3, 0.4) is 0 Å². The zero-order valence-electron chi connectivity index (χ0n) is 19.5. The van der Waals surface area contributed by atoms with Crippen molar-refractivity contribution in [1.82, 2.24) is 0 Å². The summed E-state index contributed by atoms with van der Waals surface area (Å²) >= 11 is 0. The lowest BCUT2D eigenvalue weighted by atomic mass is 9.49. The van der Waals surface area contributed by atoms with Crippen molar-refractivity contribution < 1.29 is 17.6 Å². The highest BCUT2D eigenvalue weighted by Gasteiger charge is 2.52. The number of amides is 1. The Balaban J connectivity index is 1.21. The van der Waals surface area contributed by atoms with Gasteiger partial charge < -0.3 is 4.90 Å². The molecule has 4 fully saturated rings. The number of hydrogen-bond acceptors (Lipinski definition) is 3. The molecule has 34 heavy (non-hydrogen) atoms. The first-order valence-electron chi connectivity index (χ1n) is 12.6. The summed E-state index contributed by atoms with van der Waals surface area (Å²) in [6, 6.07) is 11.4. The van der Waals surface area contributed by atoms with Gasteiger partial charge in [-0.1, -0.05) is 24.3 Å². The van der Waals surface area contributed by atoms with Crippen LogP contribution in [0.5, 0.6) is 0 Å². The lowest BCUT2D eigenvalue weighted by molar-refractivity contribution is -0.120. The van der Waals surface area contributed by atoms with E-state index in [9.17, 15) is 17.6 Å². The number of anilines is 1. The molecule has 4 bridgehead atoms. The molecule has 0 spiro atoms.